The predicted octanol–water partition coefficient (Wildman–Crippen LogP) is 6.73. The van der Waals surface area contributed by atoms with Gasteiger partial charge < -0.3 is 4.74 Å². The summed E-state index contributed by atoms with van der Waals surface area (Å²) in [5, 5.41) is 0. The van der Waals surface area contributed by atoms with E-state index in [1.165, 1.54) is 18.1 Å². The first-order chi connectivity index (χ1) is 10.9. The monoisotopic (exact) mass is 318 g/mol. The molecule has 0 aliphatic carbocycles. The molecule has 1 unspecified atom stereocenters. The van der Waals surface area contributed by atoms with Crippen molar-refractivity contribution in [2.75, 3.05) is 6.61 Å². The van der Waals surface area contributed by atoms with Crippen LogP contribution in [0.5, 0.6) is 0 Å². The first kappa shape index (κ1) is 21.2. The summed E-state index contributed by atoms with van der Waals surface area (Å²) in [6.45, 7) is 14.0. The Hall–Kier alpha value is -1.83. The molecule has 1 aromatic rings. The first-order valence-electron chi connectivity index (χ1n) is 8.27. The van der Waals surface area contributed by atoms with Gasteiger partial charge in [0.05, 0.1) is 18.2 Å². The minimum absolute atomic E-state index is 0.110. The van der Waals surface area contributed by atoms with Gasteiger partial charge in [-0.3, -0.25) is 0 Å². The van der Waals surface area contributed by atoms with Gasteiger partial charge in [0, 0.05) is 0 Å². The summed E-state index contributed by atoms with van der Waals surface area (Å²) in [4.78, 5) is 0. The standard InChI is InChI=1S/C14H19F.C7H12O/c1-4-11(2)14-9-7-13(8-10-14)6-5-12(3)15;1-4-6-7(3)8-5-2/h5,7-11H,4,6H2,1-3H3;4,6H,1,5H2,2-3H3/b12-5+;7-6+. The first-order valence-corrected chi connectivity index (χ1v) is 8.27. The number of hydrogen-bond acceptors (Lipinski definition) is 1. The van der Waals surface area contributed by atoms with E-state index >= 15 is 0 Å². The zero-order valence-corrected chi connectivity index (χ0v) is 15.2. The number of allylic oxidation sites excluding steroid dienone is 5. The molecule has 0 aromatic heterocycles. The van der Waals surface area contributed by atoms with Gasteiger partial charge in [0.25, 0.3) is 0 Å². The van der Waals surface area contributed by atoms with Crippen LogP contribution in [0.15, 0.2) is 60.7 Å². The highest BCUT2D eigenvalue weighted by Crippen LogP contribution is 2.19. The molecule has 0 radical (unpaired) electrons. The largest absolute Gasteiger partial charge is 0.499 e. The van der Waals surface area contributed by atoms with Crippen molar-refractivity contribution in [3.63, 3.8) is 0 Å². The average molecular weight is 318 g/mol. The Labute approximate surface area is 141 Å². The van der Waals surface area contributed by atoms with Crippen LogP contribution in [-0.4, -0.2) is 6.61 Å². The van der Waals surface area contributed by atoms with E-state index in [4.69, 9.17) is 4.74 Å². The number of halogens is 1. The molecule has 1 aromatic carbocycles. The maximum atomic E-state index is 12.5. The van der Waals surface area contributed by atoms with Crippen molar-refractivity contribution in [2.45, 2.75) is 53.4 Å². The molecule has 0 aliphatic heterocycles. The van der Waals surface area contributed by atoms with Crippen LogP contribution in [0.1, 0.15) is 58.1 Å². The highest BCUT2D eigenvalue weighted by atomic mass is 19.1. The Morgan fingerprint density at radius 3 is 2.26 bits per heavy atom. The lowest BCUT2D eigenvalue weighted by Gasteiger charge is -2.08. The second-order valence-electron chi connectivity index (χ2n) is 5.49. The van der Waals surface area contributed by atoms with Crippen molar-refractivity contribution in [3.8, 4) is 0 Å². The molecule has 1 atom stereocenters. The molecule has 0 saturated carbocycles. The fourth-order valence-corrected chi connectivity index (χ4v) is 1.92. The Morgan fingerprint density at radius 1 is 1.22 bits per heavy atom. The molecule has 128 valence electrons. The summed E-state index contributed by atoms with van der Waals surface area (Å²) in [7, 11) is 0. The lowest BCUT2D eigenvalue weighted by atomic mass is 9.97. The smallest absolute Gasteiger partial charge is 0.0932 e. The minimum atomic E-state index is -0.110. The summed E-state index contributed by atoms with van der Waals surface area (Å²) in [6.07, 6.45) is 7.00. The van der Waals surface area contributed by atoms with E-state index in [-0.39, 0.29) is 5.83 Å². The third-order valence-electron chi connectivity index (χ3n) is 3.50. The van der Waals surface area contributed by atoms with Crippen molar-refractivity contribution < 1.29 is 9.13 Å². The topological polar surface area (TPSA) is 9.23 Å². The third-order valence-corrected chi connectivity index (χ3v) is 3.50. The summed E-state index contributed by atoms with van der Waals surface area (Å²) in [6, 6.07) is 8.46. The maximum absolute atomic E-state index is 12.5. The van der Waals surface area contributed by atoms with Crippen LogP contribution < -0.4 is 0 Å². The second kappa shape index (κ2) is 12.7. The van der Waals surface area contributed by atoms with Gasteiger partial charge in [-0.1, -0.05) is 50.8 Å². The quantitative estimate of drug-likeness (QED) is 0.400. The molecule has 0 aliphatic rings. The molecule has 0 heterocycles. The fourth-order valence-electron chi connectivity index (χ4n) is 1.92. The van der Waals surface area contributed by atoms with Crippen molar-refractivity contribution in [3.05, 3.63) is 71.8 Å². The molecule has 0 N–H and O–H groups in total. The van der Waals surface area contributed by atoms with Crippen molar-refractivity contribution in [1.29, 1.82) is 0 Å². The Kier molecular flexibility index (Phi) is 11.7. The van der Waals surface area contributed by atoms with E-state index < -0.39 is 0 Å². The van der Waals surface area contributed by atoms with Crippen LogP contribution in [0.3, 0.4) is 0 Å². The van der Waals surface area contributed by atoms with Gasteiger partial charge in [-0.15, -0.1) is 0 Å². The van der Waals surface area contributed by atoms with Crippen LogP contribution in [0.2, 0.25) is 0 Å². The third kappa shape index (κ3) is 10.5. The number of benzene rings is 1. The lowest BCUT2D eigenvalue weighted by molar-refractivity contribution is 0.231. The zero-order valence-electron chi connectivity index (χ0n) is 15.2. The molecule has 0 fully saturated rings. The predicted molar refractivity (Wildman–Crippen MR) is 99.3 cm³/mol. The number of ether oxygens (including phenoxy) is 1. The van der Waals surface area contributed by atoms with E-state index in [1.54, 1.807) is 12.2 Å². The Morgan fingerprint density at radius 2 is 1.83 bits per heavy atom. The lowest BCUT2D eigenvalue weighted by Crippen LogP contribution is -1.91. The van der Waals surface area contributed by atoms with E-state index in [1.807, 2.05) is 19.9 Å². The SMILES string of the molecule is C=C/C=C(\C)OCC.CCC(C)c1ccc(C/C=C(\C)F)cc1. The Bertz CT molecular complexity index is 493. The zero-order chi connectivity index (χ0) is 17.7. The second-order valence-corrected chi connectivity index (χ2v) is 5.49. The number of hydrogen-bond donors (Lipinski definition) is 0. The van der Waals surface area contributed by atoms with Crippen LogP contribution in [0.4, 0.5) is 4.39 Å². The van der Waals surface area contributed by atoms with E-state index in [9.17, 15) is 4.39 Å². The van der Waals surface area contributed by atoms with Crippen molar-refractivity contribution in [2.24, 2.45) is 0 Å². The summed E-state index contributed by atoms with van der Waals surface area (Å²) < 4.78 is 17.6. The van der Waals surface area contributed by atoms with Gasteiger partial charge in [-0.05, 0) is 62.8 Å². The van der Waals surface area contributed by atoms with Gasteiger partial charge in [0.1, 0.15) is 0 Å². The minimum Gasteiger partial charge on any atom is -0.499 e. The van der Waals surface area contributed by atoms with E-state index in [0.717, 1.165) is 18.8 Å². The molecule has 2 heteroatoms. The molecule has 1 nitrogen and oxygen atoms in total. The highest BCUT2D eigenvalue weighted by Gasteiger charge is 2.01. The molecular weight excluding hydrogens is 287 g/mol. The molecule has 0 saturated heterocycles. The summed E-state index contributed by atoms with van der Waals surface area (Å²) in [5.41, 5.74) is 2.53. The van der Waals surface area contributed by atoms with Crippen LogP contribution in [-0.2, 0) is 11.2 Å². The normalized spacial score (nSPS) is 13.0. The van der Waals surface area contributed by atoms with Gasteiger partial charge in [0.2, 0.25) is 0 Å². The van der Waals surface area contributed by atoms with E-state index in [0.29, 0.717) is 12.3 Å². The van der Waals surface area contributed by atoms with Crippen molar-refractivity contribution >= 4 is 0 Å². The Balaban J connectivity index is 0.000000515. The van der Waals surface area contributed by atoms with Crippen LogP contribution >= 0.6 is 0 Å². The molecular formula is C21H31FO. The highest BCUT2D eigenvalue weighted by molar-refractivity contribution is 5.26. The van der Waals surface area contributed by atoms with Gasteiger partial charge in [-0.25, -0.2) is 4.39 Å². The molecule has 0 spiro atoms. The molecule has 0 bridgehead atoms. The fraction of sp³-hybridized carbons (Fsp3) is 0.429. The van der Waals surface area contributed by atoms with E-state index in [2.05, 4.69) is 44.7 Å². The average Bonchev–Trinajstić information content (AvgIpc) is 2.54. The molecule has 0 amide bonds. The maximum Gasteiger partial charge on any atom is 0.0932 e. The van der Waals surface area contributed by atoms with Crippen LogP contribution in [0.25, 0.3) is 0 Å². The summed E-state index contributed by atoms with van der Waals surface area (Å²) in [5.74, 6) is 1.42. The van der Waals surface area contributed by atoms with Crippen molar-refractivity contribution in [1.82, 2.24) is 0 Å². The molecule has 1 rings (SSSR count). The molecule has 23 heavy (non-hydrogen) atoms. The van der Waals surface area contributed by atoms with Gasteiger partial charge in [-0.2, -0.15) is 0 Å². The van der Waals surface area contributed by atoms with Gasteiger partial charge >= 0.3 is 0 Å². The van der Waals surface area contributed by atoms with Gasteiger partial charge in [0.15, 0.2) is 0 Å². The van der Waals surface area contributed by atoms with Crippen LogP contribution in [0, 0.1) is 0 Å². The number of rotatable bonds is 7. The summed E-state index contributed by atoms with van der Waals surface area (Å²) >= 11 is 0.